The van der Waals surface area contributed by atoms with Gasteiger partial charge in [-0.15, -0.1) is 0 Å². The highest BCUT2D eigenvalue weighted by Gasteiger charge is 2.31. The Hall–Kier alpha value is -3.23. The molecule has 0 bridgehead atoms. The number of likely N-dealkylation sites (N-methyl/N-ethyl adjacent to an activating group) is 1. The number of carbonyl (C=O) groups is 3. The standard InChI is InChI=1S/C45H75NO7/c1-6-8-10-12-14-16-18-20-21-22-23-24-26-28-30-32-34-36-44(48)53-41(39-51-38-37-42(45(49)50)46(3,4)5)40-52-43(47)35-33-31-29-27-25-19-17-15-13-11-9-7-2/h8,10,12,14,16,18,20-24,26,41-42H,6-7,9,11,13,15,17,19,25,27-40H2,1-5H3/p+1/b10-8+,14-12+,18-16+,21-20+,23-22+,26-24+. The van der Waals surface area contributed by atoms with Gasteiger partial charge in [-0.25, -0.2) is 4.79 Å². The van der Waals surface area contributed by atoms with E-state index < -0.39 is 18.1 Å². The fourth-order valence-corrected chi connectivity index (χ4v) is 5.59. The summed E-state index contributed by atoms with van der Waals surface area (Å²) in [5.74, 6) is -1.53. The first-order valence-electron chi connectivity index (χ1n) is 20.6. The number of unbranched alkanes of at least 4 members (excludes halogenated alkanes) is 14. The molecule has 2 unspecified atom stereocenters. The Morgan fingerprint density at radius 1 is 0.585 bits per heavy atom. The summed E-state index contributed by atoms with van der Waals surface area (Å²) >= 11 is 0. The number of carboxylic acid groups (broad SMARTS) is 1. The van der Waals surface area contributed by atoms with Gasteiger partial charge in [-0.2, -0.15) is 0 Å². The van der Waals surface area contributed by atoms with Gasteiger partial charge < -0.3 is 23.8 Å². The molecule has 0 aromatic carbocycles. The van der Waals surface area contributed by atoms with Crippen molar-refractivity contribution >= 4 is 17.9 Å². The smallest absolute Gasteiger partial charge is 0.362 e. The van der Waals surface area contributed by atoms with E-state index in [4.69, 9.17) is 14.2 Å². The molecule has 0 heterocycles. The molecule has 0 aromatic rings. The molecule has 0 aliphatic heterocycles. The van der Waals surface area contributed by atoms with E-state index in [0.717, 1.165) is 44.9 Å². The third-order valence-corrected chi connectivity index (χ3v) is 8.78. The number of nitrogens with zero attached hydrogens (tertiary/aromatic N) is 1. The fourth-order valence-electron chi connectivity index (χ4n) is 5.59. The fraction of sp³-hybridized carbons (Fsp3) is 0.667. The van der Waals surface area contributed by atoms with Crippen LogP contribution >= 0.6 is 0 Å². The number of rotatable bonds is 35. The minimum Gasteiger partial charge on any atom is -0.477 e. The van der Waals surface area contributed by atoms with Crippen LogP contribution in [0.15, 0.2) is 72.9 Å². The predicted octanol–water partition coefficient (Wildman–Crippen LogP) is 10.8. The molecular weight excluding hydrogens is 666 g/mol. The van der Waals surface area contributed by atoms with Gasteiger partial charge in [-0.3, -0.25) is 9.59 Å². The van der Waals surface area contributed by atoms with Gasteiger partial charge in [0.25, 0.3) is 0 Å². The van der Waals surface area contributed by atoms with Crippen LogP contribution in [0.1, 0.15) is 142 Å². The number of carbonyl (C=O) groups excluding carboxylic acids is 2. The molecule has 2 atom stereocenters. The number of carboxylic acids is 1. The van der Waals surface area contributed by atoms with E-state index in [-0.39, 0.29) is 42.7 Å². The molecule has 8 nitrogen and oxygen atoms in total. The monoisotopic (exact) mass is 743 g/mol. The van der Waals surface area contributed by atoms with Crippen molar-refractivity contribution in [2.75, 3.05) is 41.0 Å². The average molecular weight is 743 g/mol. The Labute approximate surface area is 323 Å². The summed E-state index contributed by atoms with van der Waals surface area (Å²) in [5, 5.41) is 9.60. The summed E-state index contributed by atoms with van der Waals surface area (Å²) in [5.41, 5.74) is 0. The molecule has 0 amide bonds. The van der Waals surface area contributed by atoms with Crippen LogP contribution in [0.3, 0.4) is 0 Å². The number of esters is 2. The van der Waals surface area contributed by atoms with E-state index in [9.17, 15) is 19.5 Å². The van der Waals surface area contributed by atoms with Gasteiger partial charge in [-0.05, 0) is 32.1 Å². The van der Waals surface area contributed by atoms with Crippen molar-refractivity contribution in [1.29, 1.82) is 0 Å². The minimum atomic E-state index is -0.886. The van der Waals surface area contributed by atoms with Crippen molar-refractivity contribution in [1.82, 2.24) is 0 Å². The summed E-state index contributed by atoms with van der Waals surface area (Å²) in [6, 6.07) is -0.625. The minimum absolute atomic E-state index is 0.0403. The van der Waals surface area contributed by atoms with Gasteiger partial charge in [0.2, 0.25) is 0 Å². The lowest BCUT2D eigenvalue weighted by Gasteiger charge is -2.31. The lowest BCUT2D eigenvalue weighted by Crippen LogP contribution is -2.50. The highest BCUT2D eigenvalue weighted by Crippen LogP contribution is 2.14. The van der Waals surface area contributed by atoms with Crippen LogP contribution in [0, 0.1) is 0 Å². The van der Waals surface area contributed by atoms with Crippen molar-refractivity contribution in [2.24, 2.45) is 0 Å². The highest BCUT2D eigenvalue weighted by atomic mass is 16.6. The maximum Gasteiger partial charge on any atom is 0.362 e. The van der Waals surface area contributed by atoms with Gasteiger partial charge in [0.1, 0.15) is 6.61 Å². The molecule has 53 heavy (non-hydrogen) atoms. The van der Waals surface area contributed by atoms with Crippen LogP contribution in [0.25, 0.3) is 0 Å². The van der Waals surface area contributed by atoms with Gasteiger partial charge in [0.05, 0.1) is 34.4 Å². The van der Waals surface area contributed by atoms with Crippen LogP contribution in [-0.4, -0.2) is 80.6 Å². The SMILES string of the molecule is CC/C=C/C=C/C=C/C=C/C=C/C=C/CCCCCC(=O)OC(COCCC(C(=O)O)[N+](C)(C)C)COC(=O)CCCCCCCCCCCCCC. The number of ether oxygens (including phenoxy) is 3. The van der Waals surface area contributed by atoms with E-state index in [2.05, 4.69) is 26.0 Å². The molecule has 0 aromatic heterocycles. The first-order chi connectivity index (χ1) is 25.6. The molecule has 0 saturated heterocycles. The highest BCUT2D eigenvalue weighted by molar-refractivity contribution is 5.72. The van der Waals surface area contributed by atoms with E-state index in [1.807, 2.05) is 81.9 Å². The van der Waals surface area contributed by atoms with Crippen molar-refractivity contribution in [3.8, 4) is 0 Å². The Morgan fingerprint density at radius 3 is 1.57 bits per heavy atom. The summed E-state index contributed by atoms with van der Waals surface area (Å²) in [6.45, 7) is 4.52. The normalized spacial score (nSPS) is 13.8. The topological polar surface area (TPSA) is 99.1 Å². The molecule has 302 valence electrons. The molecule has 0 spiro atoms. The predicted molar refractivity (Wildman–Crippen MR) is 220 cm³/mol. The molecule has 0 aliphatic carbocycles. The molecule has 0 saturated carbocycles. The van der Waals surface area contributed by atoms with Gasteiger partial charge in [-0.1, -0.05) is 164 Å². The molecule has 8 heteroatoms. The Morgan fingerprint density at radius 2 is 1.06 bits per heavy atom. The maximum atomic E-state index is 12.7. The van der Waals surface area contributed by atoms with Crippen LogP contribution < -0.4 is 0 Å². The average Bonchev–Trinajstić information content (AvgIpc) is 3.11. The van der Waals surface area contributed by atoms with Crippen LogP contribution in [-0.2, 0) is 28.6 Å². The van der Waals surface area contributed by atoms with E-state index in [0.29, 0.717) is 19.3 Å². The molecule has 0 rings (SSSR count). The number of hydrogen-bond donors (Lipinski definition) is 1. The summed E-state index contributed by atoms with van der Waals surface area (Å²) in [7, 11) is 5.50. The zero-order valence-corrected chi connectivity index (χ0v) is 34.2. The molecule has 0 aliphatic rings. The van der Waals surface area contributed by atoms with Crippen molar-refractivity contribution in [2.45, 2.75) is 154 Å². The van der Waals surface area contributed by atoms with Crippen molar-refractivity contribution in [3.63, 3.8) is 0 Å². The molecule has 0 radical (unpaired) electrons. The molecule has 0 fully saturated rings. The zero-order valence-electron chi connectivity index (χ0n) is 34.2. The number of aliphatic carboxylic acids is 1. The van der Waals surface area contributed by atoms with E-state index >= 15 is 0 Å². The summed E-state index contributed by atoms with van der Waals surface area (Å²) in [6.07, 6.45) is 43.7. The quantitative estimate of drug-likeness (QED) is 0.0299. The molecule has 1 N–H and O–H groups in total. The molecular formula is C45H76NO7+. The van der Waals surface area contributed by atoms with Gasteiger partial charge in [0, 0.05) is 19.3 Å². The van der Waals surface area contributed by atoms with Gasteiger partial charge in [0.15, 0.2) is 12.1 Å². The van der Waals surface area contributed by atoms with Crippen molar-refractivity contribution in [3.05, 3.63) is 72.9 Å². The van der Waals surface area contributed by atoms with Crippen LogP contribution in [0.4, 0.5) is 0 Å². The number of hydrogen-bond acceptors (Lipinski definition) is 6. The van der Waals surface area contributed by atoms with Crippen LogP contribution in [0.5, 0.6) is 0 Å². The van der Waals surface area contributed by atoms with E-state index in [1.54, 1.807) is 0 Å². The first-order valence-corrected chi connectivity index (χ1v) is 20.6. The van der Waals surface area contributed by atoms with Crippen LogP contribution in [0.2, 0.25) is 0 Å². The second kappa shape index (κ2) is 35.8. The van der Waals surface area contributed by atoms with Crippen molar-refractivity contribution < 1.29 is 38.2 Å². The first kappa shape index (κ1) is 49.8. The lowest BCUT2D eigenvalue weighted by molar-refractivity contribution is -0.887. The largest absolute Gasteiger partial charge is 0.477 e. The number of allylic oxidation sites excluding steroid dienone is 12. The van der Waals surface area contributed by atoms with Gasteiger partial charge >= 0.3 is 17.9 Å². The summed E-state index contributed by atoms with van der Waals surface area (Å²) < 4.78 is 17.2. The Balaban J connectivity index is 4.51. The maximum absolute atomic E-state index is 12.7. The second-order valence-electron chi connectivity index (χ2n) is 14.7. The third-order valence-electron chi connectivity index (χ3n) is 8.78. The lowest BCUT2D eigenvalue weighted by atomic mass is 10.0. The third kappa shape index (κ3) is 34.3. The summed E-state index contributed by atoms with van der Waals surface area (Å²) in [4.78, 5) is 36.9. The number of quaternary nitrogens is 1. The zero-order chi connectivity index (χ0) is 39.3. The Kier molecular flexibility index (Phi) is 33.6. The Bertz CT molecular complexity index is 1100. The van der Waals surface area contributed by atoms with E-state index in [1.165, 1.54) is 57.8 Å². The second-order valence-corrected chi connectivity index (χ2v) is 14.7.